The molecule has 1 aromatic heterocycles. The van der Waals surface area contributed by atoms with Gasteiger partial charge in [-0.25, -0.2) is 4.79 Å². The lowest BCUT2D eigenvalue weighted by Gasteiger charge is -2.08. The lowest BCUT2D eigenvalue weighted by molar-refractivity contribution is 0.0524. The molecule has 0 unspecified atom stereocenters. The first-order valence-corrected chi connectivity index (χ1v) is 7.68. The number of esters is 1. The Morgan fingerprint density at radius 2 is 2.33 bits per heavy atom. The van der Waals surface area contributed by atoms with Gasteiger partial charge in [0, 0.05) is 26.8 Å². The second-order valence-electron chi connectivity index (χ2n) is 5.40. The van der Waals surface area contributed by atoms with Crippen molar-refractivity contribution in [3.05, 3.63) is 17.5 Å². The Labute approximate surface area is 125 Å². The first kappa shape index (κ1) is 16.0. The Morgan fingerprint density at radius 1 is 1.52 bits per heavy atom. The minimum Gasteiger partial charge on any atom is -0.462 e. The van der Waals surface area contributed by atoms with E-state index in [0.29, 0.717) is 18.7 Å². The molecule has 0 amide bonds. The Bertz CT molecular complexity index is 455. The SMILES string of the molecule is CCOC(=O)c1cnn(C)c1CNCCCOCC1CC1. The number of ether oxygens (including phenoxy) is 2. The van der Waals surface area contributed by atoms with Crippen LogP contribution in [0.3, 0.4) is 0 Å². The summed E-state index contributed by atoms with van der Waals surface area (Å²) in [7, 11) is 1.83. The van der Waals surface area contributed by atoms with Gasteiger partial charge in [-0.05, 0) is 38.6 Å². The first-order chi connectivity index (χ1) is 10.2. The largest absolute Gasteiger partial charge is 0.462 e. The van der Waals surface area contributed by atoms with Gasteiger partial charge in [0.25, 0.3) is 0 Å². The van der Waals surface area contributed by atoms with Gasteiger partial charge in [0.05, 0.1) is 18.5 Å². The summed E-state index contributed by atoms with van der Waals surface area (Å²) < 4.78 is 12.3. The Morgan fingerprint density at radius 3 is 3.05 bits per heavy atom. The highest BCUT2D eigenvalue weighted by molar-refractivity contribution is 5.90. The van der Waals surface area contributed by atoms with Gasteiger partial charge in [-0.1, -0.05) is 0 Å². The third-order valence-electron chi connectivity index (χ3n) is 3.54. The molecule has 21 heavy (non-hydrogen) atoms. The average molecular weight is 295 g/mol. The third kappa shape index (κ3) is 5.13. The number of aryl methyl sites for hydroxylation is 1. The summed E-state index contributed by atoms with van der Waals surface area (Å²) in [5.74, 6) is 0.509. The van der Waals surface area contributed by atoms with Crippen molar-refractivity contribution in [3.8, 4) is 0 Å². The maximum Gasteiger partial charge on any atom is 0.341 e. The van der Waals surface area contributed by atoms with E-state index >= 15 is 0 Å². The van der Waals surface area contributed by atoms with E-state index < -0.39 is 0 Å². The highest BCUT2D eigenvalue weighted by Crippen LogP contribution is 2.28. The minimum absolute atomic E-state index is 0.310. The fourth-order valence-electron chi connectivity index (χ4n) is 2.09. The summed E-state index contributed by atoms with van der Waals surface area (Å²) in [6.07, 6.45) is 5.19. The molecule has 1 aliphatic rings. The summed E-state index contributed by atoms with van der Waals surface area (Å²) in [5.41, 5.74) is 1.39. The van der Waals surface area contributed by atoms with E-state index in [0.717, 1.165) is 37.8 Å². The molecule has 1 aromatic rings. The number of rotatable bonds is 10. The Balaban J connectivity index is 1.66. The maximum atomic E-state index is 11.8. The minimum atomic E-state index is -0.310. The van der Waals surface area contributed by atoms with Gasteiger partial charge in [-0.3, -0.25) is 4.68 Å². The van der Waals surface area contributed by atoms with Crippen LogP contribution in [-0.4, -0.2) is 42.1 Å². The average Bonchev–Trinajstić information content (AvgIpc) is 3.21. The van der Waals surface area contributed by atoms with Gasteiger partial charge in [0.1, 0.15) is 5.56 Å². The van der Waals surface area contributed by atoms with E-state index in [1.807, 2.05) is 7.05 Å². The predicted octanol–water partition coefficient (Wildman–Crippen LogP) is 1.50. The lowest BCUT2D eigenvalue weighted by Crippen LogP contribution is -2.20. The molecule has 1 heterocycles. The summed E-state index contributed by atoms with van der Waals surface area (Å²) in [4.78, 5) is 11.8. The van der Waals surface area contributed by atoms with Crippen LogP contribution in [0, 0.1) is 5.92 Å². The first-order valence-electron chi connectivity index (χ1n) is 7.68. The van der Waals surface area contributed by atoms with Crippen LogP contribution in [0.2, 0.25) is 0 Å². The highest BCUT2D eigenvalue weighted by Gasteiger charge is 2.20. The smallest absolute Gasteiger partial charge is 0.341 e. The van der Waals surface area contributed by atoms with Crippen molar-refractivity contribution in [2.24, 2.45) is 13.0 Å². The number of nitrogens with one attached hydrogen (secondary N) is 1. The van der Waals surface area contributed by atoms with Crippen molar-refractivity contribution in [2.45, 2.75) is 32.7 Å². The molecule has 0 spiro atoms. The van der Waals surface area contributed by atoms with Crippen molar-refractivity contribution in [3.63, 3.8) is 0 Å². The number of aromatic nitrogens is 2. The summed E-state index contributed by atoms with van der Waals surface area (Å²) in [5, 5.41) is 7.45. The van der Waals surface area contributed by atoms with Crippen LogP contribution in [-0.2, 0) is 23.1 Å². The normalized spacial score (nSPS) is 14.4. The van der Waals surface area contributed by atoms with E-state index in [4.69, 9.17) is 9.47 Å². The van der Waals surface area contributed by atoms with Crippen molar-refractivity contribution in [1.29, 1.82) is 0 Å². The zero-order chi connectivity index (χ0) is 15.1. The zero-order valence-electron chi connectivity index (χ0n) is 12.9. The molecule has 1 aliphatic carbocycles. The van der Waals surface area contributed by atoms with Gasteiger partial charge in [0.2, 0.25) is 0 Å². The van der Waals surface area contributed by atoms with Crippen LogP contribution in [0.25, 0.3) is 0 Å². The second kappa shape index (κ2) is 8.14. The second-order valence-corrected chi connectivity index (χ2v) is 5.40. The molecule has 118 valence electrons. The van der Waals surface area contributed by atoms with Gasteiger partial charge in [-0.15, -0.1) is 0 Å². The number of carbonyl (C=O) groups is 1. The van der Waals surface area contributed by atoms with Crippen molar-refractivity contribution >= 4 is 5.97 Å². The lowest BCUT2D eigenvalue weighted by atomic mass is 10.2. The standard InChI is InChI=1S/C15H25N3O3/c1-3-21-15(19)13-9-17-18(2)14(13)10-16-7-4-8-20-11-12-5-6-12/h9,12,16H,3-8,10-11H2,1-2H3. The van der Waals surface area contributed by atoms with Gasteiger partial charge < -0.3 is 14.8 Å². The van der Waals surface area contributed by atoms with Crippen LogP contribution < -0.4 is 5.32 Å². The molecule has 6 nitrogen and oxygen atoms in total. The van der Waals surface area contributed by atoms with E-state index in [1.54, 1.807) is 17.8 Å². The van der Waals surface area contributed by atoms with E-state index in [1.165, 1.54) is 12.8 Å². The molecule has 1 N–H and O–H groups in total. The molecule has 0 atom stereocenters. The van der Waals surface area contributed by atoms with Crippen LogP contribution >= 0.6 is 0 Å². The molecule has 0 saturated heterocycles. The molecule has 2 rings (SSSR count). The predicted molar refractivity (Wildman–Crippen MR) is 79.0 cm³/mol. The van der Waals surface area contributed by atoms with Crippen molar-refractivity contribution in [2.75, 3.05) is 26.4 Å². The van der Waals surface area contributed by atoms with Crippen LogP contribution in [0.4, 0.5) is 0 Å². The summed E-state index contributed by atoms with van der Waals surface area (Å²) in [6, 6.07) is 0. The molecule has 0 aliphatic heterocycles. The Kier molecular flexibility index (Phi) is 6.20. The molecule has 1 fully saturated rings. The van der Waals surface area contributed by atoms with Gasteiger partial charge >= 0.3 is 5.97 Å². The molecule has 6 heteroatoms. The fourth-order valence-corrected chi connectivity index (χ4v) is 2.09. The monoisotopic (exact) mass is 295 g/mol. The number of hydrogen-bond acceptors (Lipinski definition) is 5. The van der Waals surface area contributed by atoms with Gasteiger partial charge in [-0.2, -0.15) is 5.10 Å². The maximum absolute atomic E-state index is 11.8. The summed E-state index contributed by atoms with van der Waals surface area (Å²) in [6.45, 7) is 5.34. The summed E-state index contributed by atoms with van der Waals surface area (Å²) >= 11 is 0. The zero-order valence-corrected chi connectivity index (χ0v) is 12.9. The van der Waals surface area contributed by atoms with Crippen LogP contribution in [0.1, 0.15) is 42.2 Å². The molecular formula is C15H25N3O3. The van der Waals surface area contributed by atoms with Crippen molar-refractivity contribution in [1.82, 2.24) is 15.1 Å². The molecule has 0 aromatic carbocycles. The van der Waals surface area contributed by atoms with Crippen LogP contribution in [0.5, 0.6) is 0 Å². The number of carbonyl (C=O) groups excluding carboxylic acids is 1. The molecule has 0 radical (unpaired) electrons. The number of hydrogen-bond donors (Lipinski definition) is 1. The van der Waals surface area contributed by atoms with Gasteiger partial charge in [0.15, 0.2) is 0 Å². The van der Waals surface area contributed by atoms with E-state index in [2.05, 4.69) is 10.4 Å². The number of nitrogens with zero attached hydrogens (tertiary/aromatic N) is 2. The van der Waals surface area contributed by atoms with E-state index in [9.17, 15) is 4.79 Å². The van der Waals surface area contributed by atoms with E-state index in [-0.39, 0.29) is 5.97 Å². The Hall–Kier alpha value is -1.40. The molecular weight excluding hydrogens is 270 g/mol. The van der Waals surface area contributed by atoms with Crippen molar-refractivity contribution < 1.29 is 14.3 Å². The fraction of sp³-hybridized carbons (Fsp3) is 0.733. The molecule has 0 bridgehead atoms. The topological polar surface area (TPSA) is 65.4 Å². The van der Waals surface area contributed by atoms with Crippen LogP contribution in [0.15, 0.2) is 6.20 Å². The quantitative estimate of drug-likeness (QED) is 0.523. The third-order valence-corrected chi connectivity index (χ3v) is 3.54. The highest BCUT2D eigenvalue weighted by atomic mass is 16.5. The molecule has 1 saturated carbocycles.